The molecule has 0 saturated heterocycles. The van der Waals surface area contributed by atoms with E-state index in [1.807, 2.05) is 27.8 Å². The number of nitrogens with zero attached hydrogens (tertiary/aromatic N) is 4. The van der Waals surface area contributed by atoms with E-state index in [1.165, 1.54) is 24.8 Å². The van der Waals surface area contributed by atoms with E-state index in [-0.39, 0.29) is 18.1 Å². The Morgan fingerprint density at radius 2 is 1.81 bits per heavy atom. The molecular weight excluding hydrogens is 458 g/mol. The smallest absolute Gasteiger partial charge is 0.318 e. The number of aromatic nitrogens is 3. The summed E-state index contributed by atoms with van der Waals surface area (Å²) in [6.07, 6.45) is 8.65. The van der Waals surface area contributed by atoms with Crippen LogP contribution in [0.25, 0.3) is 11.5 Å². The maximum absolute atomic E-state index is 14.1. The Hall–Kier alpha value is -3.80. The Morgan fingerprint density at radius 3 is 2.57 bits per heavy atom. The zero-order valence-corrected chi connectivity index (χ0v) is 21.7. The SMILES string of the molecule is CCc1nn(-c2ccccc2)c2c1CN(C(=O)NC1CCCCC1)[C@H](c1cccc(C)c1)c1cccn1-2. The van der Waals surface area contributed by atoms with Crippen LogP contribution in [0.3, 0.4) is 0 Å². The van der Waals surface area contributed by atoms with E-state index in [9.17, 15) is 4.79 Å². The third kappa shape index (κ3) is 4.35. The second-order valence-electron chi connectivity index (χ2n) is 10.4. The number of rotatable bonds is 4. The van der Waals surface area contributed by atoms with Crippen molar-refractivity contribution in [2.24, 2.45) is 0 Å². The minimum Gasteiger partial charge on any atom is -0.335 e. The van der Waals surface area contributed by atoms with Gasteiger partial charge in [-0.2, -0.15) is 5.10 Å². The highest BCUT2D eigenvalue weighted by Gasteiger charge is 2.37. The highest BCUT2D eigenvalue weighted by atomic mass is 16.2. The molecule has 190 valence electrons. The summed E-state index contributed by atoms with van der Waals surface area (Å²) < 4.78 is 4.29. The van der Waals surface area contributed by atoms with Crippen LogP contribution in [0, 0.1) is 6.92 Å². The van der Waals surface area contributed by atoms with Crippen molar-refractivity contribution in [2.75, 3.05) is 0 Å². The monoisotopic (exact) mass is 493 g/mol. The predicted octanol–water partition coefficient (Wildman–Crippen LogP) is 6.48. The molecule has 2 aromatic heterocycles. The first kappa shape index (κ1) is 23.6. The number of urea groups is 1. The number of amides is 2. The molecule has 4 aromatic rings. The molecule has 1 saturated carbocycles. The second-order valence-corrected chi connectivity index (χ2v) is 10.4. The van der Waals surface area contributed by atoms with Gasteiger partial charge in [-0.3, -0.25) is 0 Å². The van der Waals surface area contributed by atoms with Crippen molar-refractivity contribution >= 4 is 6.03 Å². The fourth-order valence-electron chi connectivity index (χ4n) is 6.04. The van der Waals surface area contributed by atoms with Gasteiger partial charge in [0.25, 0.3) is 0 Å². The van der Waals surface area contributed by atoms with Gasteiger partial charge in [0, 0.05) is 17.8 Å². The van der Waals surface area contributed by atoms with Crippen LogP contribution in [-0.2, 0) is 13.0 Å². The summed E-state index contributed by atoms with van der Waals surface area (Å²) in [5.41, 5.74) is 6.54. The molecule has 3 heterocycles. The van der Waals surface area contributed by atoms with Gasteiger partial charge in [0.2, 0.25) is 0 Å². The fourth-order valence-corrected chi connectivity index (χ4v) is 6.04. The molecule has 1 fully saturated rings. The lowest BCUT2D eigenvalue weighted by molar-refractivity contribution is 0.173. The predicted molar refractivity (Wildman–Crippen MR) is 146 cm³/mol. The van der Waals surface area contributed by atoms with E-state index in [4.69, 9.17) is 5.10 Å². The summed E-state index contributed by atoms with van der Waals surface area (Å²) in [6, 6.07) is 23.1. The Labute approximate surface area is 218 Å². The summed E-state index contributed by atoms with van der Waals surface area (Å²) in [7, 11) is 0. The lowest BCUT2D eigenvalue weighted by atomic mass is 9.95. The molecule has 0 radical (unpaired) electrons. The molecule has 6 heteroatoms. The lowest BCUT2D eigenvalue weighted by Crippen LogP contribution is -2.46. The number of aryl methyl sites for hydroxylation is 2. The quantitative estimate of drug-likeness (QED) is 0.354. The van der Waals surface area contributed by atoms with Gasteiger partial charge in [-0.05, 0) is 56.0 Å². The molecule has 2 amide bonds. The van der Waals surface area contributed by atoms with Gasteiger partial charge in [0.05, 0.1) is 29.7 Å². The van der Waals surface area contributed by atoms with Gasteiger partial charge >= 0.3 is 6.03 Å². The van der Waals surface area contributed by atoms with E-state index in [0.29, 0.717) is 6.54 Å². The Balaban J connectivity index is 1.53. The maximum atomic E-state index is 14.1. The number of para-hydroxylation sites is 1. The van der Waals surface area contributed by atoms with Gasteiger partial charge in [-0.15, -0.1) is 0 Å². The number of hydrogen-bond acceptors (Lipinski definition) is 2. The molecule has 1 aliphatic heterocycles. The summed E-state index contributed by atoms with van der Waals surface area (Å²) in [4.78, 5) is 16.1. The number of hydrogen-bond donors (Lipinski definition) is 1. The van der Waals surface area contributed by atoms with Crippen molar-refractivity contribution in [3.63, 3.8) is 0 Å². The fraction of sp³-hybridized carbons (Fsp3) is 0.355. The average Bonchev–Trinajstić information content (AvgIpc) is 3.51. The molecule has 6 rings (SSSR count). The summed E-state index contributed by atoms with van der Waals surface area (Å²) in [5, 5.41) is 8.47. The van der Waals surface area contributed by atoms with Crippen LogP contribution in [0.5, 0.6) is 0 Å². The van der Waals surface area contributed by atoms with Crippen molar-refractivity contribution in [2.45, 2.75) is 71.0 Å². The number of carbonyl (C=O) groups excluding carboxylic acids is 1. The summed E-state index contributed by atoms with van der Waals surface area (Å²) in [5.74, 6) is 1.02. The van der Waals surface area contributed by atoms with E-state index in [1.54, 1.807) is 0 Å². The molecule has 0 spiro atoms. The Kier molecular flexibility index (Phi) is 6.33. The first-order valence-corrected chi connectivity index (χ1v) is 13.6. The first-order valence-electron chi connectivity index (χ1n) is 13.6. The number of benzene rings is 2. The molecular formula is C31H35N5O. The van der Waals surface area contributed by atoms with Gasteiger partial charge in [-0.1, -0.05) is 74.2 Å². The van der Waals surface area contributed by atoms with Crippen LogP contribution in [0.2, 0.25) is 0 Å². The average molecular weight is 494 g/mol. The molecule has 37 heavy (non-hydrogen) atoms. The normalized spacial score (nSPS) is 17.7. The molecule has 0 bridgehead atoms. The molecule has 6 nitrogen and oxygen atoms in total. The minimum atomic E-state index is -0.208. The highest BCUT2D eigenvalue weighted by Crippen LogP contribution is 2.39. The molecule has 1 N–H and O–H groups in total. The van der Waals surface area contributed by atoms with Gasteiger partial charge in [-0.25, -0.2) is 9.48 Å². The minimum absolute atomic E-state index is 0.00789. The summed E-state index contributed by atoms with van der Waals surface area (Å²) >= 11 is 0. The van der Waals surface area contributed by atoms with Crippen molar-refractivity contribution < 1.29 is 4.79 Å². The molecule has 2 aromatic carbocycles. The standard InChI is InChI=1S/C31H35N5O/c1-3-27-26-21-35(31(37)32-24-14-6-4-7-15-24)29(23-13-10-12-22(2)20-23)28-18-11-19-34(28)30(26)36(33-27)25-16-8-5-9-17-25/h5,8-13,16-20,24,29H,3-4,6-7,14-15,21H2,1-2H3,(H,32,37)/t29-/m1/s1. The van der Waals surface area contributed by atoms with Crippen molar-refractivity contribution in [1.82, 2.24) is 24.6 Å². The number of nitrogens with one attached hydrogen (secondary N) is 1. The van der Waals surface area contributed by atoms with Crippen molar-refractivity contribution in [3.8, 4) is 11.5 Å². The van der Waals surface area contributed by atoms with Crippen LogP contribution in [0.15, 0.2) is 72.9 Å². The van der Waals surface area contributed by atoms with Crippen LogP contribution >= 0.6 is 0 Å². The van der Waals surface area contributed by atoms with Crippen LogP contribution in [-0.4, -0.2) is 31.3 Å². The van der Waals surface area contributed by atoms with Crippen LogP contribution < -0.4 is 5.32 Å². The molecule has 2 aliphatic rings. The second kappa shape index (κ2) is 9.92. The maximum Gasteiger partial charge on any atom is 0.318 e. The Bertz CT molecular complexity index is 1400. The third-order valence-corrected chi connectivity index (χ3v) is 7.86. The highest BCUT2D eigenvalue weighted by molar-refractivity contribution is 5.76. The van der Waals surface area contributed by atoms with E-state index >= 15 is 0 Å². The van der Waals surface area contributed by atoms with E-state index < -0.39 is 0 Å². The van der Waals surface area contributed by atoms with Crippen LogP contribution in [0.1, 0.15) is 73.1 Å². The third-order valence-electron chi connectivity index (χ3n) is 7.86. The van der Waals surface area contributed by atoms with E-state index in [0.717, 1.165) is 53.3 Å². The zero-order valence-electron chi connectivity index (χ0n) is 21.7. The van der Waals surface area contributed by atoms with Gasteiger partial charge in [0.15, 0.2) is 0 Å². The van der Waals surface area contributed by atoms with Crippen molar-refractivity contribution in [3.05, 3.63) is 101 Å². The van der Waals surface area contributed by atoms with E-state index in [2.05, 4.69) is 78.5 Å². The molecule has 1 aliphatic carbocycles. The van der Waals surface area contributed by atoms with Gasteiger partial charge < -0.3 is 14.8 Å². The summed E-state index contributed by atoms with van der Waals surface area (Å²) in [6.45, 7) is 4.76. The van der Waals surface area contributed by atoms with Gasteiger partial charge in [0.1, 0.15) is 5.82 Å². The Morgan fingerprint density at radius 1 is 1.00 bits per heavy atom. The van der Waals surface area contributed by atoms with Crippen molar-refractivity contribution in [1.29, 1.82) is 0 Å². The molecule has 1 atom stereocenters. The largest absolute Gasteiger partial charge is 0.335 e. The molecule has 0 unspecified atom stereocenters. The topological polar surface area (TPSA) is 55.1 Å². The first-order chi connectivity index (χ1) is 18.1. The number of fused-ring (bicyclic) bond motifs is 3. The lowest BCUT2D eigenvalue weighted by Gasteiger charge is -2.33. The number of carbonyl (C=O) groups is 1. The zero-order chi connectivity index (χ0) is 25.4. The van der Waals surface area contributed by atoms with Crippen LogP contribution in [0.4, 0.5) is 4.79 Å².